The SMILES string of the molecule is CSc1ccc(C(CNC(=O)OC(C)(C)C)=NO)cc1. The molecule has 6 heteroatoms. The number of amides is 1. The zero-order valence-electron chi connectivity index (χ0n) is 12.1. The number of carbonyl (C=O) groups is 1. The van der Waals surface area contributed by atoms with Crippen LogP contribution < -0.4 is 5.32 Å². The lowest BCUT2D eigenvalue weighted by Gasteiger charge is -2.19. The summed E-state index contributed by atoms with van der Waals surface area (Å²) in [5, 5.41) is 14.8. The Bertz CT molecular complexity index is 478. The highest BCUT2D eigenvalue weighted by atomic mass is 32.2. The zero-order chi connectivity index (χ0) is 15.2. The molecule has 0 saturated heterocycles. The molecule has 0 heterocycles. The van der Waals surface area contributed by atoms with Gasteiger partial charge in [0, 0.05) is 10.5 Å². The van der Waals surface area contributed by atoms with Gasteiger partial charge in [0.05, 0.1) is 6.54 Å². The number of ether oxygens (including phenoxy) is 1. The van der Waals surface area contributed by atoms with E-state index >= 15 is 0 Å². The Labute approximate surface area is 123 Å². The maximum absolute atomic E-state index is 11.5. The van der Waals surface area contributed by atoms with E-state index < -0.39 is 11.7 Å². The van der Waals surface area contributed by atoms with Gasteiger partial charge in [0.15, 0.2) is 0 Å². The molecule has 2 N–H and O–H groups in total. The Hall–Kier alpha value is -1.69. The lowest BCUT2D eigenvalue weighted by Crippen LogP contribution is -2.35. The van der Waals surface area contributed by atoms with Gasteiger partial charge in [-0.15, -0.1) is 11.8 Å². The van der Waals surface area contributed by atoms with Crippen LogP contribution in [0.15, 0.2) is 34.3 Å². The van der Waals surface area contributed by atoms with Crippen LogP contribution in [0, 0.1) is 0 Å². The van der Waals surface area contributed by atoms with E-state index in [1.54, 1.807) is 32.5 Å². The van der Waals surface area contributed by atoms with Crippen LogP contribution in [-0.2, 0) is 4.74 Å². The summed E-state index contributed by atoms with van der Waals surface area (Å²) in [6.45, 7) is 5.46. The maximum Gasteiger partial charge on any atom is 0.407 e. The molecule has 0 bridgehead atoms. The maximum atomic E-state index is 11.5. The van der Waals surface area contributed by atoms with Crippen LogP contribution in [-0.4, -0.2) is 35.4 Å². The molecule has 0 unspecified atom stereocenters. The third kappa shape index (κ3) is 5.52. The van der Waals surface area contributed by atoms with Gasteiger partial charge in [-0.2, -0.15) is 0 Å². The predicted molar refractivity (Wildman–Crippen MR) is 80.8 cm³/mol. The van der Waals surface area contributed by atoms with Crippen LogP contribution >= 0.6 is 11.8 Å². The van der Waals surface area contributed by atoms with Crippen molar-refractivity contribution >= 4 is 23.6 Å². The topological polar surface area (TPSA) is 70.9 Å². The fourth-order valence-corrected chi connectivity index (χ4v) is 1.86. The van der Waals surface area contributed by atoms with Crippen LogP contribution in [0.4, 0.5) is 4.79 Å². The summed E-state index contributed by atoms with van der Waals surface area (Å²) in [4.78, 5) is 12.7. The lowest BCUT2D eigenvalue weighted by molar-refractivity contribution is 0.0536. The fourth-order valence-electron chi connectivity index (χ4n) is 1.45. The van der Waals surface area contributed by atoms with Crippen LogP contribution in [0.3, 0.4) is 0 Å². The largest absolute Gasteiger partial charge is 0.444 e. The van der Waals surface area contributed by atoms with Crippen LogP contribution in [0.2, 0.25) is 0 Å². The molecule has 1 aromatic rings. The normalized spacial score (nSPS) is 12.1. The van der Waals surface area contributed by atoms with Gasteiger partial charge in [0.2, 0.25) is 0 Å². The van der Waals surface area contributed by atoms with Gasteiger partial charge in [-0.05, 0) is 39.2 Å². The number of nitrogens with one attached hydrogen (secondary N) is 1. The molecule has 0 spiro atoms. The zero-order valence-corrected chi connectivity index (χ0v) is 13.0. The van der Waals surface area contributed by atoms with Crippen molar-refractivity contribution in [1.82, 2.24) is 5.32 Å². The van der Waals surface area contributed by atoms with Crippen molar-refractivity contribution < 1.29 is 14.7 Å². The van der Waals surface area contributed by atoms with E-state index in [0.29, 0.717) is 5.71 Å². The molecular formula is C14H20N2O3S. The third-order valence-electron chi connectivity index (χ3n) is 2.34. The van der Waals surface area contributed by atoms with Crippen molar-refractivity contribution in [3.63, 3.8) is 0 Å². The highest BCUT2D eigenvalue weighted by molar-refractivity contribution is 7.98. The van der Waals surface area contributed by atoms with Gasteiger partial charge in [-0.3, -0.25) is 0 Å². The average molecular weight is 296 g/mol. The number of alkyl carbamates (subject to hydrolysis) is 1. The molecule has 0 radical (unpaired) electrons. The van der Waals surface area contributed by atoms with Gasteiger partial charge in [0.25, 0.3) is 0 Å². The number of oxime groups is 1. The monoisotopic (exact) mass is 296 g/mol. The van der Waals surface area contributed by atoms with E-state index in [2.05, 4.69) is 10.5 Å². The molecule has 0 atom stereocenters. The molecule has 5 nitrogen and oxygen atoms in total. The molecule has 0 saturated carbocycles. The molecule has 0 aliphatic heterocycles. The third-order valence-corrected chi connectivity index (χ3v) is 3.09. The summed E-state index contributed by atoms with van der Waals surface area (Å²) in [6.07, 6.45) is 1.44. The second-order valence-electron chi connectivity index (χ2n) is 5.13. The fraction of sp³-hybridized carbons (Fsp3) is 0.429. The Balaban J connectivity index is 2.62. The highest BCUT2D eigenvalue weighted by Gasteiger charge is 2.16. The van der Waals surface area contributed by atoms with E-state index in [1.165, 1.54) is 0 Å². The van der Waals surface area contributed by atoms with E-state index in [9.17, 15) is 4.79 Å². The minimum Gasteiger partial charge on any atom is -0.444 e. The summed E-state index contributed by atoms with van der Waals surface area (Å²) in [6, 6.07) is 7.55. The van der Waals surface area contributed by atoms with Gasteiger partial charge in [-0.1, -0.05) is 17.3 Å². The summed E-state index contributed by atoms with van der Waals surface area (Å²) >= 11 is 1.63. The number of rotatable bonds is 4. The molecule has 1 amide bonds. The molecule has 110 valence electrons. The average Bonchev–Trinajstić information content (AvgIpc) is 2.38. The Morgan fingerprint density at radius 2 is 1.95 bits per heavy atom. The van der Waals surface area contributed by atoms with E-state index in [-0.39, 0.29) is 6.54 Å². The number of hydrogen-bond acceptors (Lipinski definition) is 5. The number of benzene rings is 1. The van der Waals surface area contributed by atoms with Crippen LogP contribution in [0.25, 0.3) is 0 Å². The first-order chi connectivity index (χ1) is 9.35. The van der Waals surface area contributed by atoms with E-state index in [0.717, 1.165) is 10.5 Å². The quantitative estimate of drug-likeness (QED) is 0.387. The van der Waals surface area contributed by atoms with Gasteiger partial charge >= 0.3 is 6.09 Å². The van der Waals surface area contributed by atoms with Crippen LogP contribution in [0.1, 0.15) is 26.3 Å². The van der Waals surface area contributed by atoms with Gasteiger partial charge in [-0.25, -0.2) is 4.79 Å². The second-order valence-corrected chi connectivity index (χ2v) is 6.01. The molecule has 0 fully saturated rings. The first-order valence-electron chi connectivity index (χ1n) is 6.18. The minimum absolute atomic E-state index is 0.101. The summed E-state index contributed by atoms with van der Waals surface area (Å²) in [5.74, 6) is 0. The summed E-state index contributed by atoms with van der Waals surface area (Å²) < 4.78 is 5.11. The molecule has 0 aliphatic rings. The number of thioether (sulfide) groups is 1. The highest BCUT2D eigenvalue weighted by Crippen LogP contribution is 2.15. The van der Waals surface area contributed by atoms with E-state index in [4.69, 9.17) is 9.94 Å². The molecule has 1 rings (SSSR count). The number of hydrogen-bond donors (Lipinski definition) is 2. The second kappa shape index (κ2) is 7.19. The predicted octanol–water partition coefficient (Wildman–Crippen LogP) is 3.11. The summed E-state index contributed by atoms with van der Waals surface area (Å²) in [5.41, 5.74) is 0.575. The van der Waals surface area contributed by atoms with Gasteiger partial charge in [0.1, 0.15) is 11.3 Å². The van der Waals surface area contributed by atoms with Crippen molar-refractivity contribution in [2.45, 2.75) is 31.3 Å². The molecule has 1 aromatic carbocycles. The first-order valence-corrected chi connectivity index (χ1v) is 7.40. The van der Waals surface area contributed by atoms with Gasteiger partial charge < -0.3 is 15.3 Å². The lowest BCUT2D eigenvalue weighted by atomic mass is 10.1. The smallest absolute Gasteiger partial charge is 0.407 e. The summed E-state index contributed by atoms with van der Waals surface area (Å²) in [7, 11) is 0. The van der Waals surface area contributed by atoms with Crippen molar-refractivity contribution in [2.75, 3.05) is 12.8 Å². The molecular weight excluding hydrogens is 276 g/mol. The van der Waals surface area contributed by atoms with E-state index in [1.807, 2.05) is 30.5 Å². The van der Waals surface area contributed by atoms with Crippen molar-refractivity contribution in [3.05, 3.63) is 29.8 Å². The Morgan fingerprint density at radius 1 is 1.35 bits per heavy atom. The number of carbonyl (C=O) groups excluding carboxylic acids is 1. The Morgan fingerprint density at radius 3 is 2.40 bits per heavy atom. The minimum atomic E-state index is -0.555. The van der Waals surface area contributed by atoms with Crippen molar-refractivity contribution in [1.29, 1.82) is 0 Å². The Kier molecular flexibility index (Phi) is 5.88. The first kappa shape index (κ1) is 16.4. The number of nitrogens with zero attached hydrogens (tertiary/aromatic N) is 1. The molecule has 0 aliphatic carbocycles. The molecule has 0 aromatic heterocycles. The van der Waals surface area contributed by atoms with Crippen LogP contribution in [0.5, 0.6) is 0 Å². The molecule has 20 heavy (non-hydrogen) atoms. The van der Waals surface area contributed by atoms with Crippen molar-refractivity contribution in [2.24, 2.45) is 5.16 Å². The standard InChI is InChI=1S/C14H20N2O3S/c1-14(2,3)19-13(17)15-9-12(16-18)10-5-7-11(20-4)8-6-10/h5-8,18H,9H2,1-4H3,(H,15,17). The van der Waals surface area contributed by atoms with Crippen molar-refractivity contribution in [3.8, 4) is 0 Å².